The molecule has 0 aliphatic heterocycles. The Labute approximate surface area is 116 Å². The van der Waals surface area contributed by atoms with Crippen LogP contribution in [0.15, 0.2) is 29.2 Å². The number of hydrogen-bond acceptors (Lipinski definition) is 4. The molecule has 0 aromatic heterocycles. The fraction of sp³-hybridized carbons (Fsp3) is 0.571. The van der Waals surface area contributed by atoms with Gasteiger partial charge in [0.1, 0.15) is 5.75 Å². The first-order valence-electron chi connectivity index (χ1n) is 6.53. The van der Waals surface area contributed by atoms with Crippen molar-refractivity contribution in [2.24, 2.45) is 5.92 Å². The lowest BCUT2D eigenvalue weighted by molar-refractivity contribution is 0.414. The van der Waals surface area contributed by atoms with Crippen molar-refractivity contribution in [2.45, 2.75) is 25.2 Å². The minimum absolute atomic E-state index is 0.171. The van der Waals surface area contributed by atoms with Gasteiger partial charge in [-0.25, -0.2) is 8.42 Å². The number of benzene rings is 1. The third-order valence-electron chi connectivity index (χ3n) is 2.74. The summed E-state index contributed by atoms with van der Waals surface area (Å²) in [4.78, 5) is 0.358. The van der Waals surface area contributed by atoms with E-state index in [1.807, 2.05) is 0 Å². The quantitative estimate of drug-likeness (QED) is 0.743. The summed E-state index contributed by atoms with van der Waals surface area (Å²) in [6.45, 7) is 5.90. The minimum Gasteiger partial charge on any atom is -0.497 e. The Morgan fingerprint density at radius 3 is 2.37 bits per heavy atom. The van der Waals surface area contributed by atoms with E-state index in [4.69, 9.17) is 4.74 Å². The summed E-state index contributed by atoms with van der Waals surface area (Å²) < 4.78 is 29.1. The van der Waals surface area contributed by atoms with Crippen molar-refractivity contribution >= 4 is 9.84 Å². The van der Waals surface area contributed by atoms with Gasteiger partial charge in [-0.1, -0.05) is 13.8 Å². The van der Waals surface area contributed by atoms with Gasteiger partial charge in [-0.2, -0.15) is 0 Å². The largest absolute Gasteiger partial charge is 0.497 e. The summed E-state index contributed by atoms with van der Waals surface area (Å²) in [7, 11) is -1.62. The monoisotopic (exact) mass is 285 g/mol. The zero-order chi connectivity index (χ0) is 14.3. The first kappa shape index (κ1) is 16.0. The highest BCUT2D eigenvalue weighted by molar-refractivity contribution is 7.91. The van der Waals surface area contributed by atoms with Crippen LogP contribution in [0, 0.1) is 5.92 Å². The standard InChI is InChI=1S/C14H23NO3S/c1-12(2)11-15-9-4-10-19(16,17)14-7-5-13(18-3)6-8-14/h5-8,12,15H,4,9-11H2,1-3H3. The Hall–Kier alpha value is -1.07. The average molecular weight is 285 g/mol. The molecule has 0 bridgehead atoms. The van der Waals surface area contributed by atoms with Gasteiger partial charge in [0.25, 0.3) is 0 Å². The van der Waals surface area contributed by atoms with Crippen LogP contribution in [0.2, 0.25) is 0 Å². The minimum atomic E-state index is -3.18. The van der Waals surface area contributed by atoms with Crippen molar-refractivity contribution in [3.63, 3.8) is 0 Å². The Balaban J connectivity index is 2.46. The van der Waals surface area contributed by atoms with Gasteiger partial charge in [0.15, 0.2) is 9.84 Å². The summed E-state index contributed by atoms with van der Waals surface area (Å²) in [6.07, 6.45) is 0.626. The third kappa shape index (κ3) is 5.61. The lowest BCUT2D eigenvalue weighted by atomic mass is 10.2. The van der Waals surface area contributed by atoms with Crippen LogP contribution in [0.25, 0.3) is 0 Å². The number of methoxy groups -OCH3 is 1. The highest BCUT2D eigenvalue weighted by Gasteiger charge is 2.13. The van der Waals surface area contributed by atoms with Crippen molar-refractivity contribution in [1.29, 1.82) is 0 Å². The number of hydrogen-bond donors (Lipinski definition) is 1. The molecule has 1 aromatic carbocycles. The van der Waals surface area contributed by atoms with E-state index in [1.165, 1.54) is 0 Å². The summed E-state index contributed by atoms with van der Waals surface area (Å²) >= 11 is 0. The van der Waals surface area contributed by atoms with Gasteiger partial charge in [0.05, 0.1) is 17.8 Å². The van der Waals surface area contributed by atoms with E-state index in [2.05, 4.69) is 19.2 Å². The summed E-state index contributed by atoms with van der Waals surface area (Å²) in [5.41, 5.74) is 0. The van der Waals surface area contributed by atoms with Crippen molar-refractivity contribution < 1.29 is 13.2 Å². The highest BCUT2D eigenvalue weighted by Crippen LogP contribution is 2.17. The lowest BCUT2D eigenvalue weighted by Crippen LogP contribution is -2.22. The predicted octanol–water partition coefficient (Wildman–Crippen LogP) is 2.10. The number of nitrogens with one attached hydrogen (secondary N) is 1. The zero-order valence-corrected chi connectivity index (χ0v) is 12.7. The Morgan fingerprint density at radius 2 is 1.84 bits per heavy atom. The smallest absolute Gasteiger partial charge is 0.178 e. The maximum Gasteiger partial charge on any atom is 0.178 e. The second-order valence-electron chi connectivity index (χ2n) is 4.95. The second-order valence-corrected chi connectivity index (χ2v) is 7.06. The van der Waals surface area contributed by atoms with Crippen LogP contribution in [0.4, 0.5) is 0 Å². The van der Waals surface area contributed by atoms with Gasteiger partial charge >= 0.3 is 0 Å². The first-order chi connectivity index (χ1) is 8.95. The van der Waals surface area contributed by atoms with E-state index < -0.39 is 9.84 Å². The molecule has 0 amide bonds. The summed E-state index contributed by atoms with van der Waals surface area (Å²) in [5.74, 6) is 1.42. The number of rotatable bonds is 8. The third-order valence-corrected chi connectivity index (χ3v) is 4.55. The Kier molecular flexibility index (Phi) is 6.31. The SMILES string of the molecule is COc1ccc(S(=O)(=O)CCCNCC(C)C)cc1. The van der Waals surface area contributed by atoms with Gasteiger partial charge in [-0.05, 0) is 49.7 Å². The van der Waals surface area contributed by atoms with Crippen LogP contribution in [0.1, 0.15) is 20.3 Å². The van der Waals surface area contributed by atoms with Crippen LogP contribution >= 0.6 is 0 Å². The molecule has 19 heavy (non-hydrogen) atoms. The lowest BCUT2D eigenvalue weighted by Gasteiger charge is -2.08. The molecule has 0 aliphatic rings. The van der Waals surface area contributed by atoms with Crippen LogP contribution in [0.3, 0.4) is 0 Å². The maximum atomic E-state index is 12.1. The molecule has 1 N–H and O–H groups in total. The molecule has 0 fully saturated rings. The van der Waals surface area contributed by atoms with Crippen LogP contribution in [-0.2, 0) is 9.84 Å². The van der Waals surface area contributed by atoms with E-state index in [-0.39, 0.29) is 5.75 Å². The van der Waals surface area contributed by atoms with E-state index in [0.717, 1.165) is 13.1 Å². The predicted molar refractivity (Wildman–Crippen MR) is 77.4 cm³/mol. The fourth-order valence-corrected chi connectivity index (χ4v) is 2.99. The number of sulfone groups is 1. The van der Waals surface area contributed by atoms with Crippen LogP contribution in [-0.4, -0.2) is 34.4 Å². The molecule has 1 aromatic rings. The molecule has 1 rings (SSSR count). The number of ether oxygens (including phenoxy) is 1. The molecule has 5 heteroatoms. The Morgan fingerprint density at radius 1 is 1.21 bits per heavy atom. The molecule has 0 spiro atoms. The van der Waals surface area contributed by atoms with E-state index >= 15 is 0 Å². The van der Waals surface area contributed by atoms with Gasteiger partial charge in [0.2, 0.25) is 0 Å². The van der Waals surface area contributed by atoms with Gasteiger partial charge in [0, 0.05) is 0 Å². The first-order valence-corrected chi connectivity index (χ1v) is 8.18. The molecule has 0 saturated heterocycles. The molecule has 0 radical (unpaired) electrons. The summed E-state index contributed by atoms with van der Waals surface area (Å²) in [6, 6.07) is 6.53. The van der Waals surface area contributed by atoms with Gasteiger partial charge < -0.3 is 10.1 Å². The molecular formula is C14H23NO3S. The molecule has 0 atom stereocenters. The fourth-order valence-electron chi connectivity index (χ4n) is 1.68. The molecular weight excluding hydrogens is 262 g/mol. The molecule has 0 heterocycles. The molecule has 0 saturated carbocycles. The second kappa shape index (κ2) is 7.50. The van der Waals surface area contributed by atoms with Crippen molar-refractivity contribution in [3.8, 4) is 5.75 Å². The van der Waals surface area contributed by atoms with Crippen molar-refractivity contribution in [2.75, 3.05) is 26.0 Å². The summed E-state index contributed by atoms with van der Waals surface area (Å²) in [5, 5.41) is 3.24. The maximum absolute atomic E-state index is 12.1. The Bertz CT molecular complexity index is 466. The van der Waals surface area contributed by atoms with Crippen molar-refractivity contribution in [3.05, 3.63) is 24.3 Å². The zero-order valence-electron chi connectivity index (χ0n) is 11.8. The average Bonchev–Trinajstić information content (AvgIpc) is 2.38. The molecule has 108 valence electrons. The normalized spacial score (nSPS) is 11.8. The van der Waals surface area contributed by atoms with Gasteiger partial charge in [-0.3, -0.25) is 0 Å². The van der Waals surface area contributed by atoms with E-state index in [0.29, 0.717) is 23.0 Å². The van der Waals surface area contributed by atoms with Crippen LogP contribution < -0.4 is 10.1 Å². The molecule has 4 nitrogen and oxygen atoms in total. The van der Waals surface area contributed by atoms with Crippen molar-refractivity contribution in [1.82, 2.24) is 5.32 Å². The highest BCUT2D eigenvalue weighted by atomic mass is 32.2. The molecule has 0 aliphatic carbocycles. The topological polar surface area (TPSA) is 55.4 Å². The van der Waals surface area contributed by atoms with Crippen LogP contribution in [0.5, 0.6) is 5.75 Å². The molecule has 0 unspecified atom stereocenters. The van der Waals surface area contributed by atoms with E-state index in [1.54, 1.807) is 31.4 Å². The van der Waals surface area contributed by atoms with Gasteiger partial charge in [-0.15, -0.1) is 0 Å². The van der Waals surface area contributed by atoms with E-state index in [9.17, 15) is 8.42 Å².